The van der Waals surface area contributed by atoms with Gasteiger partial charge in [-0.2, -0.15) is 0 Å². The Morgan fingerprint density at radius 3 is 2.95 bits per heavy atom. The summed E-state index contributed by atoms with van der Waals surface area (Å²) in [4.78, 5) is 17.2. The number of aromatic nitrogens is 2. The van der Waals surface area contributed by atoms with Crippen molar-refractivity contribution in [2.75, 3.05) is 19.6 Å². The summed E-state index contributed by atoms with van der Waals surface area (Å²) in [5.74, 6) is 0.404. The molecule has 3 rings (SSSR count). The molecular formula is C16H23N3O2. The molecule has 1 aliphatic heterocycles. The molecule has 0 spiro atoms. The van der Waals surface area contributed by atoms with Crippen LogP contribution in [0.3, 0.4) is 0 Å². The second kappa shape index (κ2) is 6.03. The Kier molecular flexibility index (Phi) is 4.12. The number of hydrogen-bond donors (Lipinski definition) is 2. The maximum Gasteiger partial charge on any atom is 0.326 e. The molecule has 0 bridgehead atoms. The molecule has 1 aromatic carbocycles. The summed E-state index contributed by atoms with van der Waals surface area (Å²) in [7, 11) is 0. The van der Waals surface area contributed by atoms with Crippen LogP contribution in [-0.4, -0.2) is 45.3 Å². The quantitative estimate of drug-likeness (QED) is 0.875. The number of imidazole rings is 1. The number of para-hydroxylation sites is 2. The first kappa shape index (κ1) is 14.4. The fourth-order valence-electron chi connectivity index (χ4n) is 3.24. The number of aryl methyl sites for hydroxylation is 1. The molecule has 2 unspecified atom stereocenters. The van der Waals surface area contributed by atoms with Gasteiger partial charge in [0.15, 0.2) is 0 Å². The number of benzene rings is 1. The Bertz CT molecular complexity index is 659. The molecule has 5 nitrogen and oxygen atoms in total. The molecule has 21 heavy (non-hydrogen) atoms. The highest BCUT2D eigenvalue weighted by atomic mass is 16.3. The predicted octanol–water partition coefficient (Wildman–Crippen LogP) is 1.42. The van der Waals surface area contributed by atoms with E-state index >= 15 is 0 Å². The Morgan fingerprint density at radius 2 is 2.19 bits per heavy atom. The molecular weight excluding hydrogens is 266 g/mol. The van der Waals surface area contributed by atoms with Gasteiger partial charge in [-0.25, -0.2) is 4.79 Å². The lowest BCUT2D eigenvalue weighted by atomic mass is 10.0. The van der Waals surface area contributed by atoms with Gasteiger partial charge in [0.25, 0.3) is 0 Å². The lowest BCUT2D eigenvalue weighted by Crippen LogP contribution is -2.26. The molecule has 0 saturated carbocycles. The molecule has 0 aliphatic carbocycles. The molecule has 2 N–H and O–H groups in total. The largest absolute Gasteiger partial charge is 0.393 e. The van der Waals surface area contributed by atoms with Gasteiger partial charge in [0.1, 0.15) is 0 Å². The third-order valence-electron chi connectivity index (χ3n) is 4.53. The van der Waals surface area contributed by atoms with Gasteiger partial charge < -0.3 is 15.0 Å². The minimum absolute atomic E-state index is 0.0283. The van der Waals surface area contributed by atoms with Crippen molar-refractivity contribution in [1.29, 1.82) is 0 Å². The van der Waals surface area contributed by atoms with Crippen LogP contribution in [0.4, 0.5) is 0 Å². The average Bonchev–Trinajstić information content (AvgIpc) is 3.04. The number of likely N-dealkylation sites (tertiary alicyclic amines) is 1. The van der Waals surface area contributed by atoms with E-state index in [0.29, 0.717) is 5.92 Å². The summed E-state index contributed by atoms with van der Waals surface area (Å²) in [5, 5.41) is 9.62. The van der Waals surface area contributed by atoms with E-state index in [0.717, 1.165) is 50.1 Å². The molecule has 1 fully saturated rings. The zero-order valence-electron chi connectivity index (χ0n) is 12.5. The van der Waals surface area contributed by atoms with Gasteiger partial charge in [0.05, 0.1) is 17.1 Å². The Balaban J connectivity index is 1.58. The van der Waals surface area contributed by atoms with E-state index in [1.165, 1.54) is 0 Å². The van der Waals surface area contributed by atoms with Crippen LogP contribution < -0.4 is 5.69 Å². The van der Waals surface area contributed by atoms with Gasteiger partial charge >= 0.3 is 5.69 Å². The maximum absolute atomic E-state index is 12.0. The van der Waals surface area contributed by atoms with Gasteiger partial charge in [-0.15, -0.1) is 0 Å². The number of aromatic amines is 1. The van der Waals surface area contributed by atoms with Crippen LogP contribution >= 0.6 is 0 Å². The van der Waals surface area contributed by atoms with Crippen molar-refractivity contribution in [3.63, 3.8) is 0 Å². The van der Waals surface area contributed by atoms with E-state index in [4.69, 9.17) is 0 Å². The lowest BCUT2D eigenvalue weighted by Gasteiger charge is -2.17. The predicted molar refractivity (Wildman–Crippen MR) is 83.4 cm³/mol. The van der Waals surface area contributed by atoms with E-state index < -0.39 is 0 Å². The van der Waals surface area contributed by atoms with E-state index in [2.05, 4.69) is 9.88 Å². The molecule has 2 aromatic rings. The van der Waals surface area contributed by atoms with E-state index in [9.17, 15) is 9.90 Å². The number of aliphatic hydroxyl groups excluding tert-OH is 1. The minimum Gasteiger partial charge on any atom is -0.393 e. The van der Waals surface area contributed by atoms with E-state index in [-0.39, 0.29) is 11.8 Å². The summed E-state index contributed by atoms with van der Waals surface area (Å²) in [6, 6.07) is 7.80. The zero-order valence-corrected chi connectivity index (χ0v) is 12.5. The van der Waals surface area contributed by atoms with E-state index in [1.807, 2.05) is 35.8 Å². The van der Waals surface area contributed by atoms with Crippen molar-refractivity contribution >= 4 is 11.0 Å². The van der Waals surface area contributed by atoms with Crippen molar-refractivity contribution in [3.8, 4) is 0 Å². The fourth-order valence-corrected chi connectivity index (χ4v) is 3.24. The highest BCUT2D eigenvalue weighted by molar-refractivity contribution is 5.74. The molecule has 1 saturated heterocycles. The van der Waals surface area contributed by atoms with Crippen LogP contribution in [0.15, 0.2) is 29.1 Å². The standard InChI is InChI=1S/C16H23N3O2/c1-12(20)13-7-10-18(11-13)8-4-9-19-15-6-3-2-5-14(15)17-16(19)21/h2-3,5-6,12-13,20H,4,7-11H2,1H3,(H,17,21). The van der Waals surface area contributed by atoms with Crippen LogP contribution in [0.2, 0.25) is 0 Å². The second-order valence-electron chi connectivity index (χ2n) is 6.04. The first-order chi connectivity index (χ1) is 10.1. The second-order valence-corrected chi connectivity index (χ2v) is 6.04. The van der Waals surface area contributed by atoms with Crippen molar-refractivity contribution in [3.05, 3.63) is 34.7 Å². The first-order valence-corrected chi connectivity index (χ1v) is 7.73. The third kappa shape index (κ3) is 3.04. The van der Waals surface area contributed by atoms with Crippen LogP contribution in [0, 0.1) is 5.92 Å². The normalized spacial score (nSPS) is 21.1. The van der Waals surface area contributed by atoms with Gasteiger partial charge in [-0.3, -0.25) is 4.57 Å². The monoisotopic (exact) mass is 289 g/mol. The molecule has 114 valence electrons. The summed E-state index contributed by atoms with van der Waals surface area (Å²) < 4.78 is 1.82. The number of H-pyrrole nitrogens is 1. The van der Waals surface area contributed by atoms with Crippen LogP contribution in [0.1, 0.15) is 19.8 Å². The number of hydrogen-bond acceptors (Lipinski definition) is 3. The fraction of sp³-hybridized carbons (Fsp3) is 0.562. The zero-order chi connectivity index (χ0) is 14.8. The van der Waals surface area contributed by atoms with Gasteiger partial charge in [-0.1, -0.05) is 12.1 Å². The van der Waals surface area contributed by atoms with Gasteiger partial charge in [0, 0.05) is 13.1 Å². The molecule has 0 radical (unpaired) electrons. The van der Waals surface area contributed by atoms with Gasteiger partial charge in [-0.05, 0) is 50.9 Å². The van der Waals surface area contributed by atoms with Crippen molar-refractivity contribution in [2.45, 2.75) is 32.4 Å². The molecule has 2 heterocycles. The van der Waals surface area contributed by atoms with Crippen LogP contribution in [0.5, 0.6) is 0 Å². The Morgan fingerprint density at radius 1 is 1.38 bits per heavy atom. The molecule has 1 aromatic heterocycles. The average molecular weight is 289 g/mol. The molecule has 0 amide bonds. The highest BCUT2D eigenvalue weighted by Gasteiger charge is 2.25. The summed E-state index contributed by atoms with van der Waals surface area (Å²) in [6.45, 7) is 5.62. The number of nitrogens with zero attached hydrogens (tertiary/aromatic N) is 2. The topological polar surface area (TPSA) is 61.3 Å². The number of aliphatic hydroxyl groups is 1. The molecule has 5 heteroatoms. The van der Waals surface area contributed by atoms with Crippen LogP contribution in [-0.2, 0) is 6.54 Å². The van der Waals surface area contributed by atoms with Gasteiger partial charge in [0.2, 0.25) is 0 Å². The summed E-state index contributed by atoms with van der Waals surface area (Å²) >= 11 is 0. The van der Waals surface area contributed by atoms with Crippen molar-refractivity contribution in [2.24, 2.45) is 5.92 Å². The first-order valence-electron chi connectivity index (χ1n) is 7.73. The van der Waals surface area contributed by atoms with Crippen molar-refractivity contribution < 1.29 is 5.11 Å². The minimum atomic E-state index is -0.216. The summed E-state index contributed by atoms with van der Waals surface area (Å²) in [5.41, 5.74) is 1.85. The lowest BCUT2D eigenvalue weighted by molar-refractivity contribution is 0.127. The SMILES string of the molecule is CC(O)C1CCN(CCCn2c(=O)[nH]c3ccccc32)C1. The smallest absolute Gasteiger partial charge is 0.326 e. The number of rotatable bonds is 5. The number of fused-ring (bicyclic) bond motifs is 1. The Labute approximate surface area is 124 Å². The van der Waals surface area contributed by atoms with E-state index in [1.54, 1.807) is 0 Å². The Hall–Kier alpha value is -1.59. The van der Waals surface area contributed by atoms with Crippen molar-refractivity contribution in [1.82, 2.24) is 14.5 Å². The molecule has 2 atom stereocenters. The third-order valence-corrected chi connectivity index (χ3v) is 4.53. The van der Waals surface area contributed by atoms with Crippen LogP contribution in [0.25, 0.3) is 11.0 Å². The summed E-state index contributed by atoms with van der Waals surface area (Å²) in [6.07, 6.45) is 1.81. The maximum atomic E-state index is 12.0. The number of nitrogens with one attached hydrogen (secondary N) is 1. The highest BCUT2D eigenvalue weighted by Crippen LogP contribution is 2.19. The molecule has 1 aliphatic rings.